The first kappa shape index (κ1) is 12.1. The van der Waals surface area contributed by atoms with Crippen LogP contribution in [0.3, 0.4) is 0 Å². The number of ether oxygens (including phenoxy) is 1. The van der Waals surface area contributed by atoms with Crippen molar-refractivity contribution in [2.75, 3.05) is 7.11 Å². The average molecular weight is 232 g/mol. The smallest absolute Gasteiger partial charge is 0.165 e. The van der Waals surface area contributed by atoms with Crippen molar-refractivity contribution in [3.05, 3.63) is 21.7 Å². The normalized spacial score (nSPS) is 10.5. The SMILES string of the molecule is COc1c(C)c(Cl)c(C)c(CON)c1O. The lowest BCUT2D eigenvalue weighted by Crippen LogP contribution is -2.03. The Morgan fingerprint density at radius 1 is 1.33 bits per heavy atom. The molecular weight excluding hydrogens is 218 g/mol. The Balaban J connectivity index is 3.45. The van der Waals surface area contributed by atoms with Gasteiger partial charge in [0, 0.05) is 11.1 Å². The van der Waals surface area contributed by atoms with E-state index in [2.05, 4.69) is 4.84 Å². The molecule has 1 aromatic carbocycles. The van der Waals surface area contributed by atoms with Gasteiger partial charge in [0.15, 0.2) is 11.5 Å². The Kier molecular flexibility index (Phi) is 3.79. The van der Waals surface area contributed by atoms with E-state index in [1.165, 1.54) is 7.11 Å². The van der Waals surface area contributed by atoms with Crippen LogP contribution >= 0.6 is 11.6 Å². The van der Waals surface area contributed by atoms with Gasteiger partial charge < -0.3 is 9.84 Å². The number of phenolic OH excluding ortho intramolecular Hbond substituents is 1. The zero-order valence-electron chi connectivity index (χ0n) is 8.93. The summed E-state index contributed by atoms with van der Waals surface area (Å²) in [6, 6.07) is 0. The van der Waals surface area contributed by atoms with Crippen LogP contribution in [0.4, 0.5) is 0 Å². The van der Waals surface area contributed by atoms with Crippen LogP contribution in [0.2, 0.25) is 5.02 Å². The van der Waals surface area contributed by atoms with E-state index in [-0.39, 0.29) is 12.4 Å². The fraction of sp³-hybridized carbons (Fsp3) is 0.400. The monoisotopic (exact) mass is 231 g/mol. The van der Waals surface area contributed by atoms with Crippen LogP contribution in [0.1, 0.15) is 16.7 Å². The highest BCUT2D eigenvalue weighted by Gasteiger charge is 2.18. The number of aromatic hydroxyl groups is 1. The highest BCUT2D eigenvalue weighted by atomic mass is 35.5. The van der Waals surface area contributed by atoms with Crippen molar-refractivity contribution in [2.45, 2.75) is 20.5 Å². The molecule has 0 aliphatic carbocycles. The summed E-state index contributed by atoms with van der Waals surface area (Å²) in [5, 5.41) is 10.4. The van der Waals surface area contributed by atoms with Gasteiger partial charge in [0.2, 0.25) is 0 Å². The van der Waals surface area contributed by atoms with E-state index in [4.69, 9.17) is 22.2 Å². The predicted molar refractivity (Wildman–Crippen MR) is 58.1 cm³/mol. The van der Waals surface area contributed by atoms with Gasteiger partial charge in [-0.25, -0.2) is 5.90 Å². The zero-order valence-corrected chi connectivity index (χ0v) is 9.68. The molecule has 15 heavy (non-hydrogen) atoms. The first-order chi connectivity index (χ1) is 7.04. The maximum absolute atomic E-state index is 9.89. The van der Waals surface area contributed by atoms with E-state index in [9.17, 15) is 5.11 Å². The summed E-state index contributed by atoms with van der Waals surface area (Å²) in [6.45, 7) is 3.66. The van der Waals surface area contributed by atoms with Gasteiger partial charge in [-0.3, -0.25) is 4.84 Å². The zero-order chi connectivity index (χ0) is 11.6. The summed E-state index contributed by atoms with van der Waals surface area (Å²) in [6.07, 6.45) is 0. The van der Waals surface area contributed by atoms with Crippen molar-refractivity contribution in [2.24, 2.45) is 5.90 Å². The summed E-state index contributed by atoms with van der Waals surface area (Å²) in [5.74, 6) is 5.37. The molecule has 0 bridgehead atoms. The first-order valence-corrected chi connectivity index (χ1v) is 4.78. The van der Waals surface area contributed by atoms with E-state index in [0.29, 0.717) is 21.9 Å². The third-order valence-electron chi connectivity index (χ3n) is 2.38. The molecule has 4 nitrogen and oxygen atoms in total. The Labute approximate surface area is 93.5 Å². The molecule has 0 saturated heterocycles. The van der Waals surface area contributed by atoms with Gasteiger partial charge >= 0.3 is 0 Å². The Morgan fingerprint density at radius 3 is 2.40 bits per heavy atom. The fourth-order valence-electron chi connectivity index (χ4n) is 1.52. The van der Waals surface area contributed by atoms with Crippen LogP contribution in [0, 0.1) is 13.8 Å². The highest BCUT2D eigenvalue weighted by Crippen LogP contribution is 2.41. The number of hydrogen-bond acceptors (Lipinski definition) is 4. The van der Waals surface area contributed by atoms with Crippen LogP contribution in [0.25, 0.3) is 0 Å². The van der Waals surface area contributed by atoms with Crippen molar-refractivity contribution in [1.29, 1.82) is 0 Å². The third kappa shape index (κ3) is 2.02. The van der Waals surface area contributed by atoms with Gasteiger partial charge in [0.1, 0.15) is 0 Å². The molecule has 0 aliphatic rings. The molecule has 0 heterocycles. The topological polar surface area (TPSA) is 64.7 Å². The van der Waals surface area contributed by atoms with Crippen molar-refractivity contribution < 1.29 is 14.7 Å². The van der Waals surface area contributed by atoms with E-state index in [1.807, 2.05) is 0 Å². The molecule has 0 atom stereocenters. The summed E-state index contributed by atoms with van der Waals surface area (Å²) < 4.78 is 5.07. The lowest BCUT2D eigenvalue weighted by atomic mass is 10.0. The molecule has 84 valence electrons. The third-order valence-corrected chi connectivity index (χ3v) is 2.95. The summed E-state index contributed by atoms with van der Waals surface area (Å²) in [5.41, 5.74) is 2.00. The van der Waals surface area contributed by atoms with E-state index >= 15 is 0 Å². The van der Waals surface area contributed by atoms with Gasteiger partial charge in [-0.05, 0) is 19.4 Å². The van der Waals surface area contributed by atoms with Crippen LogP contribution in [-0.4, -0.2) is 12.2 Å². The quantitative estimate of drug-likeness (QED) is 0.782. The molecule has 0 unspecified atom stereocenters. The molecule has 0 saturated carbocycles. The second-order valence-electron chi connectivity index (χ2n) is 3.24. The first-order valence-electron chi connectivity index (χ1n) is 4.40. The van der Waals surface area contributed by atoms with Gasteiger partial charge in [0.05, 0.1) is 18.7 Å². The predicted octanol–water partition coefficient (Wildman–Crippen LogP) is 2.06. The number of phenols is 1. The fourth-order valence-corrected chi connectivity index (χ4v) is 1.72. The number of methoxy groups -OCH3 is 1. The number of benzene rings is 1. The molecule has 0 aromatic heterocycles. The van der Waals surface area contributed by atoms with Gasteiger partial charge in [0.25, 0.3) is 0 Å². The summed E-state index contributed by atoms with van der Waals surface area (Å²) in [4.78, 5) is 4.51. The van der Waals surface area contributed by atoms with Crippen molar-refractivity contribution in [1.82, 2.24) is 0 Å². The number of nitrogens with two attached hydrogens (primary N) is 1. The minimum atomic E-state index is 0.0300. The second kappa shape index (κ2) is 4.70. The molecular formula is C10H14ClNO3. The van der Waals surface area contributed by atoms with Crippen LogP contribution in [0.5, 0.6) is 11.5 Å². The maximum Gasteiger partial charge on any atom is 0.165 e. The van der Waals surface area contributed by atoms with Crippen LogP contribution in [-0.2, 0) is 11.4 Å². The molecule has 1 aromatic rings. The molecule has 0 aliphatic heterocycles. The Morgan fingerprint density at radius 2 is 1.93 bits per heavy atom. The van der Waals surface area contributed by atoms with Crippen molar-refractivity contribution in [3.8, 4) is 11.5 Å². The van der Waals surface area contributed by atoms with Crippen molar-refractivity contribution >= 4 is 11.6 Å². The standard InChI is InChI=1S/C10H14ClNO3/c1-5-7(4-15-12)9(13)10(14-3)6(2)8(5)11/h13H,4,12H2,1-3H3. The largest absolute Gasteiger partial charge is 0.504 e. The molecule has 0 amide bonds. The lowest BCUT2D eigenvalue weighted by molar-refractivity contribution is 0.121. The molecule has 0 radical (unpaired) electrons. The Hall–Kier alpha value is -0.970. The Bertz CT molecular complexity index is 380. The molecule has 0 spiro atoms. The van der Waals surface area contributed by atoms with Gasteiger partial charge in [-0.1, -0.05) is 11.6 Å². The molecule has 5 heteroatoms. The average Bonchev–Trinajstić information content (AvgIpc) is 2.22. The lowest BCUT2D eigenvalue weighted by Gasteiger charge is -2.16. The summed E-state index contributed by atoms with van der Waals surface area (Å²) >= 11 is 6.09. The van der Waals surface area contributed by atoms with Crippen LogP contribution < -0.4 is 10.6 Å². The van der Waals surface area contributed by atoms with Crippen LogP contribution in [0.15, 0.2) is 0 Å². The maximum atomic E-state index is 9.89. The number of hydrogen-bond donors (Lipinski definition) is 2. The minimum Gasteiger partial charge on any atom is -0.504 e. The van der Waals surface area contributed by atoms with E-state index in [0.717, 1.165) is 5.56 Å². The number of halogens is 1. The molecule has 1 rings (SSSR count). The highest BCUT2D eigenvalue weighted by molar-refractivity contribution is 6.32. The molecule has 3 N–H and O–H groups in total. The van der Waals surface area contributed by atoms with Gasteiger partial charge in [-0.2, -0.15) is 0 Å². The van der Waals surface area contributed by atoms with Crippen molar-refractivity contribution in [3.63, 3.8) is 0 Å². The van der Waals surface area contributed by atoms with Gasteiger partial charge in [-0.15, -0.1) is 0 Å². The van der Waals surface area contributed by atoms with E-state index < -0.39 is 0 Å². The minimum absolute atomic E-state index is 0.0300. The second-order valence-corrected chi connectivity index (χ2v) is 3.61. The summed E-state index contributed by atoms with van der Waals surface area (Å²) in [7, 11) is 1.47. The van der Waals surface area contributed by atoms with E-state index in [1.54, 1.807) is 13.8 Å². The molecule has 0 fully saturated rings. The number of rotatable bonds is 3.